The number of rotatable bonds is 5. The zero-order valence-electron chi connectivity index (χ0n) is 18.8. The summed E-state index contributed by atoms with van der Waals surface area (Å²) in [5.74, 6) is 1.27. The second-order valence-corrected chi connectivity index (χ2v) is 10.7. The van der Waals surface area contributed by atoms with Crippen molar-refractivity contribution < 1.29 is 4.79 Å². The number of hydrogen-bond acceptors (Lipinski definition) is 3. The molecule has 1 N–H and O–H groups in total. The van der Waals surface area contributed by atoms with Crippen LogP contribution in [0.3, 0.4) is 0 Å². The third-order valence-corrected chi connectivity index (χ3v) is 8.49. The maximum atomic E-state index is 13.0. The van der Waals surface area contributed by atoms with Crippen molar-refractivity contribution in [2.45, 2.75) is 89.9 Å². The van der Waals surface area contributed by atoms with Gasteiger partial charge in [0.15, 0.2) is 0 Å². The van der Waals surface area contributed by atoms with E-state index in [9.17, 15) is 4.79 Å². The van der Waals surface area contributed by atoms with Gasteiger partial charge in [-0.3, -0.25) is 9.89 Å². The van der Waals surface area contributed by atoms with E-state index < -0.39 is 0 Å². The van der Waals surface area contributed by atoms with Gasteiger partial charge in [-0.25, -0.2) is 0 Å². The zero-order valence-corrected chi connectivity index (χ0v) is 18.8. The van der Waals surface area contributed by atoms with Crippen LogP contribution in [-0.2, 0) is 24.1 Å². The van der Waals surface area contributed by atoms with Gasteiger partial charge in [-0.15, -0.1) is 0 Å². The Kier molecular flexibility index (Phi) is 6.17. The van der Waals surface area contributed by atoms with Crippen LogP contribution >= 0.6 is 0 Å². The van der Waals surface area contributed by atoms with Crippen LogP contribution in [-0.4, -0.2) is 58.6 Å². The van der Waals surface area contributed by atoms with Gasteiger partial charge in [-0.1, -0.05) is 19.3 Å². The molecule has 0 aromatic carbocycles. The van der Waals surface area contributed by atoms with Crippen molar-refractivity contribution in [1.29, 1.82) is 0 Å². The number of aromatic amines is 1. The third-order valence-electron chi connectivity index (χ3n) is 8.49. The number of nitrogens with one attached hydrogen (secondary N) is 1. The summed E-state index contributed by atoms with van der Waals surface area (Å²) in [4.78, 5) is 17.9. The number of aromatic nitrogens is 2. The molecule has 3 fully saturated rings. The SMILES string of the molecule is O=C(CCc1n[nH]c2c1CCCC2)N1CC[C@@]2(CCCN(CC3CCCCC3)C2)C1. The van der Waals surface area contributed by atoms with Crippen LogP contribution in [0.1, 0.15) is 87.6 Å². The molecule has 5 heteroatoms. The molecule has 5 rings (SSSR count). The van der Waals surface area contributed by atoms with Crippen LogP contribution in [0.2, 0.25) is 0 Å². The Morgan fingerprint density at radius 2 is 1.87 bits per heavy atom. The summed E-state index contributed by atoms with van der Waals surface area (Å²) >= 11 is 0. The molecule has 1 spiro atoms. The average molecular weight is 413 g/mol. The molecule has 1 atom stereocenters. The number of likely N-dealkylation sites (tertiary alicyclic amines) is 2. The summed E-state index contributed by atoms with van der Waals surface area (Å²) in [5, 5.41) is 7.77. The van der Waals surface area contributed by atoms with E-state index in [1.54, 1.807) is 0 Å². The predicted octanol–water partition coefficient (Wildman–Crippen LogP) is 4.12. The molecular formula is C25H40N4O. The predicted molar refractivity (Wildman–Crippen MR) is 119 cm³/mol. The smallest absolute Gasteiger partial charge is 0.222 e. The van der Waals surface area contributed by atoms with Crippen molar-refractivity contribution >= 4 is 5.91 Å². The Bertz CT molecular complexity index is 738. The lowest BCUT2D eigenvalue weighted by Crippen LogP contribution is -2.47. The Hall–Kier alpha value is -1.36. The highest BCUT2D eigenvalue weighted by Gasteiger charge is 2.42. The molecule has 30 heavy (non-hydrogen) atoms. The van der Waals surface area contributed by atoms with Gasteiger partial charge in [0.05, 0.1) is 5.69 Å². The minimum atomic E-state index is 0.351. The first-order valence-corrected chi connectivity index (χ1v) is 12.8. The molecule has 1 aromatic rings. The fraction of sp³-hybridized carbons (Fsp3) is 0.840. The highest BCUT2D eigenvalue weighted by Crippen LogP contribution is 2.40. The first-order chi connectivity index (χ1) is 14.7. The first kappa shape index (κ1) is 20.5. The van der Waals surface area contributed by atoms with E-state index in [1.807, 2.05) is 0 Å². The van der Waals surface area contributed by atoms with Crippen molar-refractivity contribution in [3.8, 4) is 0 Å². The third kappa shape index (κ3) is 4.46. The molecule has 0 unspecified atom stereocenters. The van der Waals surface area contributed by atoms with E-state index in [-0.39, 0.29) is 0 Å². The number of carbonyl (C=O) groups excluding carboxylic acids is 1. The Balaban J connectivity index is 1.13. The van der Waals surface area contributed by atoms with Crippen LogP contribution in [0.25, 0.3) is 0 Å². The number of H-pyrrole nitrogens is 1. The number of amides is 1. The number of nitrogens with zero attached hydrogens (tertiary/aromatic N) is 3. The molecule has 2 aliphatic carbocycles. The van der Waals surface area contributed by atoms with Crippen LogP contribution in [0.4, 0.5) is 0 Å². The van der Waals surface area contributed by atoms with Gasteiger partial charge >= 0.3 is 0 Å². The molecule has 4 aliphatic rings. The van der Waals surface area contributed by atoms with Crippen LogP contribution in [0.5, 0.6) is 0 Å². The minimum Gasteiger partial charge on any atom is -0.342 e. The summed E-state index contributed by atoms with van der Waals surface area (Å²) in [6.07, 6.45) is 17.2. The molecule has 2 aliphatic heterocycles. The molecule has 1 saturated carbocycles. The maximum Gasteiger partial charge on any atom is 0.222 e. The van der Waals surface area contributed by atoms with Crippen molar-refractivity contribution in [3.05, 3.63) is 17.0 Å². The summed E-state index contributed by atoms with van der Waals surface area (Å²) < 4.78 is 0. The number of aryl methyl sites for hydroxylation is 2. The van der Waals surface area contributed by atoms with Gasteiger partial charge in [-0.05, 0) is 75.8 Å². The van der Waals surface area contributed by atoms with Crippen molar-refractivity contribution in [2.24, 2.45) is 11.3 Å². The fourth-order valence-electron chi connectivity index (χ4n) is 6.82. The minimum absolute atomic E-state index is 0.351. The average Bonchev–Trinajstić information content (AvgIpc) is 3.37. The lowest BCUT2D eigenvalue weighted by Gasteiger charge is -2.42. The molecule has 1 aromatic heterocycles. The standard InChI is InChI=1S/C25H40N4O/c30-24(12-11-23-21-9-4-5-10-22(21)26-27-23)29-16-14-25(19-29)13-6-15-28(18-25)17-20-7-2-1-3-8-20/h20H,1-19H2,(H,26,27)/t25-/m1/s1. The van der Waals surface area contributed by atoms with Gasteiger partial charge in [0.2, 0.25) is 5.91 Å². The summed E-state index contributed by atoms with van der Waals surface area (Å²) in [5.41, 5.74) is 4.26. The molecule has 166 valence electrons. The second kappa shape index (κ2) is 9.02. The summed E-state index contributed by atoms with van der Waals surface area (Å²) in [6.45, 7) is 5.76. The molecule has 2 saturated heterocycles. The van der Waals surface area contributed by atoms with Gasteiger partial charge in [0.1, 0.15) is 0 Å². The van der Waals surface area contributed by atoms with E-state index in [0.29, 0.717) is 17.7 Å². The van der Waals surface area contributed by atoms with E-state index in [1.165, 1.54) is 95.1 Å². The lowest BCUT2D eigenvalue weighted by molar-refractivity contribution is -0.130. The largest absolute Gasteiger partial charge is 0.342 e. The van der Waals surface area contributed by atoms with E-state index in [0.717, 1.165) is 44.0 Å². The highest BCUT2D eigenvalue weighted by atomic mass is 16.2. The number of carbonyl (C=O) groups is 1. The van der Waals surface area contributed by atoms with Gasteiger partial charge < -0.3 is 9.80 Å². The maximum absolute atomic E-state index is 13.0. The second-order valence-electron chi connectivity index (χ2n) is 10.7. The van der Waals surface area contributed by atoms with E-state index in [2.05, 4.69) is 20.0 Å². The van der Waals surface area contributed by atoms with Crippen molar-refractivity contribution in [3.63, 3.8) is 0 Å². The summed E-state index contributed by atoms with van der Waals surface area (Å²) in [7, 11) is 0. The fourth-order valence-corrected chi connectivity index (χ4v) is 6.82. The monoisotopic (exact) mass is 412 g/mol. The van der Waals surface area contributed by atoms with Crippen LogP contribution < -0.4 is 0 Å². The molecule has 3 heterocycles. The first-order valence-electron chi connectivity index (χ1n) is 12.8. The van der Waals surface area contributed by atoms with Gasteiger partial charge in [0, 0.05) is 50.1 Å². The van der Waals surface area contributed by atoms with Crippen LogP contribution in [0.15, 0.2) is 0 Å². The van der Waals surface area contributed by atoms with Crippen molar-refractivity contribution in [1.82, 2.24) is 20.0 Å². The van der Waals surface area contributed by atoms with E-state index >= 15 is 0 Å². The van der Waals surface area contributed by atoms with Gasteiger partial charge in [-0.2, -0.15) is 5.10 Å². The number of fused-ring (bicyclic) bond motifs is 1. The quantitative estimate of drug-likeness (QED) is 0.792. The lowest BCUT2D eigenvalue weighted by atomic mass is 9.78. The number of piperidine rings is 1. The van der Waals surface area contributed by atoms with Crippen LogP contribution in [0, 0.1) is 11.3 Å². The zero-order chi connectivity index (χ0) is 20.4. The Morgan fingerprint density at radius 3 is 2.77 bits per heavy atom. The molecular weight excluding hydrogens is 372 g/mol. The molecule has 5 nitrogen and oxygen atoms in total. The number of hydrogen-bond donors (Lipinski definition) is 1. The normalized spacial score (nSPS) is 28.2. The molecule has 0 bridgehead atoms. The summed E-state index contributed by atoms with van der Waals surface area (Å²) in [6, 6.07) is 0. The van der Waals surface area contributed by atoms with Gasteiger partial charge in [0.25, 0.3) is 0 Å². The topological polar surface area (TPSA) is 52.2 Å². The Morgan fingerprint density at radius 1 is 1.00 bits per heavy atom. The Labute approximate surface area is 182 Å². The van der Waals surface area contributed by atoms with E-state index in [4.69, 9.17) is 0 Å². The molecule has 0 radical (unpaired) electrons. The van der Waals surface area contributed by atoms with Crippen molar-refractivity contribution in [2.75, 3.05) is 32.7 Å². The molecule has 1 amide bonds. The highest BCUT2D eigenvalue weighted by molar-refractivity contribution is 5.76.